The quantitative estimate of drug-likeness (QED) is 0.337. The molecule has 5 rings (SSSR count). The molecular weight excluding hydrogens is 460 g/mol. The van der Waals surface area contributed by atoms with Gasteiger partial charge < -0.3 is 9.84 Å². The fourth-order valence-corrected chi connectivity index (χ4v) is 9.52. The van der Waals surface area contributed by atoms with Gasteiger partial charge in [-0.3, -0.25) is 9.59 Å². The van der Waals surface area contributed by atoms with Gasteiger partial charge in [-0.05, 0) is 110 Å². The highest BCUT2D eigenvalue weighted by Crippen LogP contribution is 2.68. The lowest BCUT2D eigenvalue weighted by Crippen LogP contribution is -2.58. The Labute approximate surface area is 223 Å². The zero-order valence-electron chi connectivity index (χ0n) is 23.2. The SMILES string of the molecule is C/C=C1/C(=O)C2C3CCC([C@H](C)CCC(=O)OCc4ccccc4)[C@@]3(C)CCC2[C@@]2(C)CC[C@@H](O)C[C@@H]12. The van der Waals surface area contributed by atoms with Gasteiger partial charge in [-0.1, -0.05) is 57.2 Å². The second-order valence-electron chi connectivity index (χ2n) is 13.2. The molecule has 0 radical (unpaired) electrons. The maximum Gasteiger partial charge on any atom is 0.306 e. The molecule has 202 valence electrons. The average molecular weight is 507 g/mol. The van der Waals surface area contributed by atoms with Crippen LogP contribution in [0.5, 0.6) is 0 Å². The smallest absolute Gasteiger partial charge is 0.306 e. The molecule has 37 heavy (non-hydrogen) atoms. The van der Waals surface area contributed by atoms with Gasteiger partial charge in [-0.25, -0.2) is 0 Å². The lowest BCUT2D eigenvalue weighted by molar-refractivity contribution is -0.150. The average Bonchev–Trinajstić information content (AvgIpc) is 3.25. The number of carbonyl (C=O) groups is 2. The summed E-state index contributed by atoms with van der Waals surface area (Å²) in [6.45, 7) is 9.56. The molecular formula is C33H46O4. The summed E-state index contributed by atoms with van der Waals surface area (Å²) in [4.78, 5) is 26.5. The van der Waals surface area contributed by atoms with Crippen LogP contribution in [0.1, 0.15) is 91.0 Å². The third-order valence-corrected chi connectivity index (χ3v) is 11.5. The number of benzene rings is 1. The van der Waals surface area contributed by atoms with Crippen LogP contribution in [0.2, 0.25) is 0 Å². The molecule has 0 bridgehead atoms. The number of hydrogen-bond donors (Lipinski definition) is 1. The van der Waals surface area contributed by atoms with Crippen molar-refractivity contribution in [1.82, 2.24) is 0 Å². The van der Waals surface area contributed by atoms with Crippen molar-refractivity contribution in [3.05, 3.63) is 47.5 Å². The predicted molar refractivity (Wildman–Crippen MR) is 145 cm³/mol. The summed E-state index contributed by atoms with van der Waals surface area (Å²) in [6.07, 6.45) is 10.3. The molecule has 1 N–H and O–H groups in total. The number of aliphatic hydroxyl groups excluding tert-OH is 1. The first kappa shape index (κ1) is 26.7. The Kier molecular flexibility index (Phi) is 7.44. The minimum atomic E-state index is -0.276. The number of aliphatic hydroxyl groups is 1. The van der Waals surface area contributed by atoms with Gasteiger partial charge in [0.15, 0.2) is 5.78 Å². The molecule has 4 aliphatic rings. The number of ether oxygens (including phenoxy) is 1. The van der Waals surface area contributed by atoms with E-state index in [9.17, 15) is 14.7 Å². The van der Waals surface area contributed by atoms with Crippen LogP contribution in [0.25, 0.3) is 0 Å². The molecule has 0 aromatic heterocycles. The highest BCUT2D eigenvalue weighted by atomic mass is 16.5. The van der Waals surface area contributed by atoms with Gasteiger partial charge in [0.25, 0.3) is 0 Å². The van der Waals surface area contributed by atoms with Crippen molar-refractivity contribution in [2.45, 2.75) is 98.2 Å². The van der Waals surface area contributed by atoms with E-state index in [2.05, 4.69) is 26.8 Å². The van der Waals surface area contributed by atoms with Gasteiger partial charge in [-0.2, -0.15) is 0 Å². The van der Waals surface area contributed by atoms with Crippen molar-refractivity contribution in [1.29, 1.82) is 0 Å². The lowest BCUT2D eigenvalue weighted by Gasteiger charge is -2.61. The van der Waals surface area contributed by atoms with Crippen LogP contribution in [0.15, 0.2) is 42.0 Å². The van der Waals surface area contributed by atoms with Crippen LogP contribution < -0.4 is 0 Å². The first-order valence-electron chi connectivity index (χ1n) is 14.8. The lowest BCUT2D eigenvalue weighted by atomic mass is 9.43. The third kappa shape index (κ3) is 4.62. The first-order valence-corrected chi connectivity index (χ1v) is 14.8. The molecule has 0 amide bonds. The minimum Gasteiger partial charge on any atom is -0.461 e. The van der Waals surface area contributed by atoms with Crippen LogP contribution in [0.3, 0.4) is 0 Å². The zero-order chi connectivity index (χ0) is 26.4. The summed E-state index contributed by atoms with van der Waals surface area (Å²) in [6, 6.07) is 9.86. The van der Waals surface area contributed by atoms with Crippen molar-refractivity contribution in [2.75, 3.05) is 0 Å². The van der Waals surface area contributed by atoms with Gasteiger partial charge in [0.1, 0.15) is 6.61 Å². The number of fused-ring (bicyclic) bond motifs is 5. The molecule has 0 saturated heterocycles. The molecule has 4 saturated carbocycles. The molecule has 0 aliphatic heterocycles. The van der Waals surface area contributed by atoms with E-state index in [1.807, 2.05) is 37.3 Å². The van der Waals surface area contributed by atoms with Crippen LogP contribution in [0, 0.1) is 46.3 Å². The van der Waals surface area contributed by atoms with E-state index in [0.29, 0.717) is 42.5 Å². The molecule has 0 heterocycles. The van der Waals surface area contributed by atoms with Gasteiger partial charge in [0, 0.05) is 12.3 Å². The third-order valence-electron chi connectivity index (χ3n) is 11.5. The molecule has 4 nitrogen and oxygen atoms in total. The van der Waals surface area contributed by atoms with Gasteiger partial charge in [0.05, 0.1) is 6.10 Å². The summed E-state index contributed by atoms with van der Waals surface area (Å²) in [7, 11) is 0. The monoisotopic (exact) mass is 506 g/mol. The maximum absolute atomic E-state index is 14.0. The highest BCUT2D eigenvalue weighted by Gasteiger charge is 2.64. The Morgan fingerprint density at radius 1 is 1.08 bits per heavy atom. The molecule has 0 spiro atoms. The van der Waals surface area contributed by atoms with E-state index in [-0.39, 0.29) is 34.7 Å². The standard InChI is InChI=1S/C33H46O4/c1-5-24-28-19-23(34)15-17-33(28,4)27-16-18-32(3)25(12-13-26(32)30(27)31(24)36)21(2)11-14-29(35)37-20-22-9-7-6-8-10-22/h5-10,21,23,25-28,30,34H,11-20H2,1-4H3/b24-5+/t21-,23-,25?,26?,27?,28+,30?,32-,33-/m1/s1. The fraction of sp³-hybridized carbons (Fsp3) is 0.697. The van der Waals surface area contributed by atoms with E-state index < -0.39 is 0 Å². The normalized spacial score (nSPS) is 41.0. The van der Waals surface area contributed by atoms with Crippen LogP contribution in [-0.4, -0.2) is 23.0 Å². The Bertz CT molecular complexity index is 1030. The summed E-state index contributed by atoms with van der Waals surface area (Å²) >= 11 is 0. The first-order chi connectivity index (χ1) is 17.7. The molecule has 9 atom stereocenters. The molecule has 1 aromatic rings. The summed E-state index contributed by atoms with van der Waals surface area (Å²) in [5.74, 6) is 2.43. The van der Waals surface area contributed by atoms with E-state index in [0.717, 1.165) is 56.1 Å². The Morgan fingerprint density at radius 3 is 2.51 bits per heavy atom. The topological polar surface area (TPSA) is 63.6 Å². The van der Waals surface area contributed by atoms with Crippen LogP contribution >= 0.6 is 0 Å². The van der Waals surface area contributed by atoms with Crippen molar-refractivity contribution in [3.8, 4) is 0 Å². The Balaban J connectivity index is 1.27. The summed E-state index contributed by atoms with van der Waals surface area (Å²) in [5, 5.41) is 10.5. The Morgan fingerprint density at radius 2 is 1.78 bits per heavy atom. The molecule has 4 aliphatic carbocycles. The second-order valence-corrected chi connectivity index (χ2v) is 13.2. The highest BCUT2D eigenvalue weighted by molar-refractivity contribution is 5.99. The second kappa shape index (κ2) is 10.3. The van der Waals surface area contributed by atoms with Crippen molar-refractivity contribution < 1.29 is 19.4 Å². The van der Waals surface area contributed by atoms with E-state index in [1.165, 1.54) is 6.42 Å². The molecule has 4 unspecified atom stereocenters. The van der Waals surface area contributed by atoms with E-state index >= 15 is 0 Å². The number of allylic oxidation sites excluding steroid dienone is 2. The number of rotatable bonds is 6. The van der Waals surface area contributed by atoms with E-state index in [1.54, 1.807) is 0 Å². The van der Waals surface area contributed by atoms with Crippen LogP contribution in [-0.2, 0) is 20.9 Å². The van der Waals surface area contributed by atoms with Gasteiger partial charge >= 0.3 is 5.97 Å². The van der Waals surface area contributed by atoms with Crippen LogP contribution in [0.4, 0.5) is 0 Å². The molecule has 4 fully saturated rings. The Hall–Kier alpha value is -1.94. The predicted octanol–water partition coefficient (Wildman–Crippen LogP) is 6.90. The minimum absolute atomic E-state index is 0.113. The number of carbonyl (C=O) groups excluding carboxylic acids is 2. The van der Waals surface area contributed by atoms with E-state index in [4.69, 9.17) is 4.74 Å². The summed E-state index contributed by atoms with van der Waals surface area (Å²) < 4.78 is 5.54. The fourth-order valence-electron chi connectivity index (χ4n) is 9.52. The van der Waals surface area contributed by atoms with Gasteiger partial charge in [-0.15, -0.1) is 0 Å². The van der Waals surface area contributed by atoms with Crippen molar-refractivity contribution in [2.24, 2.45) is 46.3 Å². The number of hydrogen-bond acceptors (Lipinski definition) is 4. The number of esters is 1. The van der Waals surface area contributed by atoms with Crippen molar-refractivity contribution >= 4 is 11.8 Å². The molecule has 4 heteroatoms. The molecule has 1 aromatic carbocycles. The van der Waals surface area contributed by atoms with Gasteiger partial charge in [0.2, 0.25) is 0 Å². The zero-order valence-corrected chi connectivity index (χ0v) is 23.2. The van der Waals surface area contributed by atoms with Crippen molar-refractivity contribution in [3.63, 3.8) is 0 Å². The maximum atomic E-state index is 14.0. The summed E-state index contributed by atoms with van der Waals surface area (Å²) in [5.41, 5.74) is 2.30. The number of ketones is 1. The largest absolute Gasteiger partial charge is 0.461 e. The number of Topliss-reactive ketones (excluding diaryl/α,β-unsaturated/α-hetero) is 1.